The van der Waals surface area contributed by atoms with Crippen molar-refractivity contribution in [1.82, 2.24) is 9.29 Å². The largest absolute Gasteiger partial charge is 0.330 e. The minimum absolute atomic E-state index is 0. The molecule has 0 saturated carbocycles. The van der Waals surface area contributed by atoms with Crippen molar-refractivity contribution in [3.63, 3.8) is 0 Å². The third-order valence-corrected chi connectivity index (χ3v) is 6.24. The summed E-state index contributed by atoms with van der Waals surface area (Å²) < 4.78 is 27.0. The van der Waals surface area contributed by atoms with Crippen molar-refractivity contribution in [2.45, 2.75) is 19.1 Å². The lowest BCUT2D eigenvalue weighted by atomic mass is 9.90. The number of benzene rings is 1. The third-order valence-electron chi connectivity index (χ3n) is 4.46. The molecule has 1 saturated heterocycles. The van der Waals surface area contributed by atoms with Crippen LogP contribution in [-0.2, 0) is 15.8 Å². The maximum Gasteiger partial charge on any atom is 0.218 e. The average Bonchev–Trinajstić information content (AvgIpc) is 2.92. The Morgan fingerprint density at radius 1 is 1.30 bits per heavy atom. The molecule has 0 aliphatic carbocycles. The summed E-state index contributed by atoms with van der Waals surface area (Å²) in [5.41, 5.74) is 7.17. The summed E-state index contributed by atoms with van der Waals surface area (Å²) in [4.78, 5) is 4.33. The highest BCUT2D eigenvalue weighted by Crippen LogP contribution is 2.31. The van der Waals surface area contributed by atoms with Gasteiger partial charge in [-0.1, -0.05) is 31.2 Å². The SMILES string of the molecule is CC1(CN)CCN(S(=O)(=O)Cc2cccc3cccnc23)C1.Cl. The molecule has 126 valence electrons. The second-order valence-electron chi connectivity index (χ2n) is 6.35. The second kappa shape index (κ2) is 6.73. The standard InChI is InChI=1S/C16H21N3O2S.ClH/c1-16(11-17)7-9-19(12-16)22(20,21)10-14-5-2-4-13-6-3-8-18-15(13)14;/h2-6,8H,7,9-12,17H2,1H3;1H. The zero-order valence-corrected chi connectivity index (χ0v) is 14.7. The molecule has 0 bridgehead atoms. The van der Waals surface area contributed by atoms with Gasteiger partial charge in [0.15, 0.2) is 0 Å². The lowest BCUT2D eigenvalue weighted by Gasteiger charge is -2.22. The lowest BCUT2D eigenvalue weighted by molar-refractivity contribution is 0.349. The van der Waals surface area contributed by atoms with E-state index in [-0.39, 0.29) is 23.6 Å². The van der Waals surface area contributed by atoms with Gasteiger partial charge in [0.1, 0.15) is 0 Å². The number of hydrogen-bond acceptors (Lipinski definition) is 4. The molecule has 1 aromatic carbocycles. The first-order chi connectivity index (χ1) is 10.4. The van der Waals surface area contributed by atoms with Gasteiger partial charge in [-0.15, -0.1) is 12.4 Å². The van der Waals surface area contributed by atoms with Crippen LogP contribution in [-0.4, -0.2) is 37.3 Å². The number of aromatic nitrogens is 1. The first kappa shape index (κ1) is 18.1. The molecule has 7 heteroatoms. The number of fused-ring (bicyclic) bond motifs is 1. The predicted octanol–water partition coefficient (Wildman–Crippen LogP) is 2.16. The van der Waals surface area contributed by atoms with Crippen LogP contribution in [0, 0.1) is 5.41 Å². The van der Waals surface area contributed by atoms with E-state index in [9.17, 15) is 8.42 Å². The van der Waals surface area contributed by atoms with Gasteiger partial charge in [0.25, 0.3) is 0 Å². The Kier molecular flexibility index (Phi) is 5.30. The summed E-state index contributed by atoms with van der Waals surface area (Å²) in [5.74, 6) is -0.0119. The minimum atomic E-state index is -3.35. The zero-order valence-electron chi connectivity index (χ0n) is 13.1. The van der Waals surface area contributed by atoms with Gasteiger partial charge in [0.05, 0.1) is 11.3 Å². The zero-order chi connectivity index (χ0) is 15.8. The number of hydrogen-bond donors (Lipinski definition) is 1. The van der Waals surface area contributed by atoms with Crippen LogP contribution in [0.3, 0.4) is 0 Å². The summed E-state index contributed by atoms with van der Waals surface area (Å²) in [7, 11) is -3.35. The molecule has 2 aromatic rings. The summed E-state index contributed by atoms with van der Waals surface area (Å²) in [5, 5.41) is 0.961. The van der Waals surface area contributed by atoms with Gasteiger partial charge >= 0.3 is 0 Å². The quantitative estimate of drug-likeness (QED) is 0.911. The van der Waals surface area contributed by atoms with Crippen LogP contribution in [0.25, 0.3) is 10.9 Å². The Morgan fingerprint density at radius 3 is 2.74 bits per heavy atom. The topological polar surface area (TPSA) is 76.3 Å². The Labute approximate surface area is 143 Å². The van der Waals surface area contributed by atoms with Crippen molar-refractivity contribution < 1.29 is 8.42 Å². The molecular formula is C16H22ClN3O2S. The average molecular weight is 356 g/mol. The van der Waals surface area contributed by atoms with Crippen LogP contribution in [0.2, 0.25) is 0 Å². The first-order valence-corrected chi connectivity index (χ1v) is 9.05. The maximum atomic E-state index is 12.7. The highest BCUT2D eigenvalue weighted by molar-refractivity contribution is 7.88. The van der Waals surface area contributed by atoms with Gasteiger partial charge in [-0.2, -0.15) is 0 Å². The van der Waals surface area contributed by atoms with E-state index in [0.717, 1.165) is 22.9 Å². The van der Waals surface area contributed by atoms with E-state index in [0.29, 0.717) is 19.6 Å². The van der Waals surface area contributed by atoms with E-state index >= 15 is 0 Å². The van der Waals surface area contributed by atoms with Crippen molar-refractivity contribution >= 4 is 33.3 Å². The fourth-order valence-electron chi connectivity index (χ4n) is 2.95. The van der Waals surface area contributed by atoms with Crippen molar-refractivity contribution in [3.05, 3.63) is 42.1 Å². The molecule has 0 amide bonds. The predicted molar refractivity (Wildman–Crippen MR) is 95.0 cm³/mol. The summed E-state index contributed by atoms with van der Waals surface area (Å²) in [6.07, 6.45) is 2.51. The Bertz CT molecular complexity index is 792. The van der Waals surface area contributed by atoms with Crippen LogP contribution >= 0.6 is 12.4 Å². The summed E-state index contributed by atoms with van der Waals surface area (Å²) in [6, 6.07) is 9.46. The highest BCUT2D eigenvalue weighted by Gasteiger charge is 2.38. The molecule has 1 fully saturated rings. The van der Waals surface area contributed by atoms with Crippen LogP contribution in [0.15, 0.2) is 36.5 Å². The van der Waals surface area contributed by atoms with Gasteiger partial charge in [-0.25, -0.2) is 12.7 Å². The minimum Gasteiger partial charge on any atom is -0.330 e. The molecule has 1 unspecified atom stereocenters. The van der Waals surface area contributed by atoms with E-state index < -0.39 is 10.0 Å². The number of para-hydroxylation sites is 1. The molecule has 3 rings (SSSR count). The van der Waals surface area contributed by atoms with Gasteiger partial charge in [0, 0.05) is 24.7 Å². The van der Waals surface area contributed by atoms with Crippen molar-refractivity contribution in [2.24, 2.45) is 11.1 Å². The first-order valence-electron chi connectivity index (χ1n) is 7.44. The number of pyridine rings is 1. The molecule has 23 heavy (non-hydrogen) atoms. The summed E-state index contributed by atoms with van der Waals surface area (Å²) >= 11 is 0. The van der Waals surface area contributed by atoms with Gasteiger partial charge in [-0.3, -0.25) is 4.98 Å². The van der Waals surface area contributed by atoms with E-state index in [1.165, 1.54) is 0 Å². The molecule has 2 heterocycles. The number of halogens is 1. The number of nitrogens with two attached hydrogens (primary N) is 1. The fourth-order valence-corrected chi connectivity index (χ4v) is 4.64. The fraction of sp³-hybridized carbons (Fsp3) is 0.438. The van der Waals surface area contributed by atoms with Crippen LogP contribution in [0.1, 0.15) is 18.9 Å². The van der Waals surface area contributed by atoms with Crippen molar-refractivity contribution in [1.29, 1.82) is 0 Å². The maximum absolute atomic E-state index is 12.7. The Balaban J connectivity index is 0.00000192. The monoisotopic (exact) mass is 355 g/mol. The van der Waals surface area contributed by atoms with Crippen LogP contribution in [0.4, 0.5) is 0 Å². The molecule has 1 aliphatic heterocycles. The third kappa shape index (κ3) is 3.66. The van der Waals surface area contributed by atoms with Crippen molar-refractivity contribution in [2.75, 3.05) is 19.6 Å². The molecule has 2 N–H and O–H groups in total. The lowest BCUT2D eigenvalue weighted by Crippen LogP contribution is -2.35. The van der Waals surface area contributed by atoms with E-state index in [4.69, 9.17) is 5.73 Å². The molecule has 1 aliphatic rings. The molecule has 0 radical (unpaired) electrons. The molecular weight excluding hydrogens is 334 g/mol. The number of rotatable bonds is 4. The summed E-state index contributed by atoms with van der Waals surface area (Å²) in [6.45, 7) is 3.61. The smallest absolute Gasteiger partial charge is 0.218 e. The van der Waals surface area contributed by atoms with E-state index in [1.807, 2.05) is 37.3 Å². The molecule has 1 aromatic heterocycles. The van der Waals surface area contributed by atoms with Gasteiger partial charge < -0.3 is 5.73 Å². The Hall–Kier alpha value is -1.21. The highest BCUT2D eigenvalue weighted by atomic mass is 35.5. The number of sulfonamides is 1. The normalized spacial score (nSPS) is 22.2. The molecule has 0 spiro atoms. The van der Waals surface area contributed by atoms with Crippen molar-refractivity contribution in [3.8, 4) is 0 Å². The molecule has 1 atom stereocenters. The number of nitrogens with zero attached hydrogens (tertiary/aromatic N) is 2. The van der Waals surface area contributed by atoms with Gasteiger partial charge in [0.2, 0.25) is 10.0 Å². The second-order valence-corrected chi connectivity index (χ2v) is 8.32. The Morgan fingerprint density at radius 2 is 2.04 bits per heavy atom. The van der Waals surface area contributed by atoms with Crippen LogP contribution < -0.4 is 5.73 Å². The molecule has 5 nitrogen and oxygen atoms in total. The van der Waals surface area contributed by atoms with E-state index in [2.05, 4.69) is 4.98 Å². The van der Waals surface area contributed by atoms with Crippen LogP contribution in [0.5, 0.6) is 0 Å². The van der Waals surface area contributed by atoms with E-state index in [1.54, 1.807) is 10.5 Å². The van der Waals surface area contributed by atoms with Gasteiger partial charge in [-0.05, 0) is 30.0 Å².